The maximum Gasteiger partial charge on any atom is 0.194 e. The molecule has 1 aromatic carbocycles. The Morgan fingerprint density at radius 2 is 2.23 bits per heavy atom. The molecule has 138 valence electrons. The van der Waals surface area contributed by atoms with Crippen molar-refractivity contribution in [3.63, 3.8) is 0 Å². The normalized spacial score (nSPS) is 17.5. The molecular weight excluding hydrogens is 441 g/mol. The lowest BCUT2D eigenvalue weighted by molar-refractivity contribution is 0.473. The van der Waals surface area contributed by atoms with Gasteiger partial charge in [0.15, 0.2) is 5.96 Å². The van der Waals surface area contributed by atoms with E-state index in [2.05, 4.69) is 38.6 Å². The number of hydrogen-bond acceptors (Lipinski definition) is 3. The second kappa shape index (κ2) is 8.11. The van der Waals surface area contributed by atoms with E-state index in [1.165, 1.54) is 5.56 Å². The zero-order valence-corrected chi connectivity index (χ0v) is 17.4. The first-order valence-electron chi connectivity index (χ1n) is 8.64. The van der Waals surface area contributed by atoms with Gasteiger partial charge in [0, 0.05) is 44.7 Å². The molecule has 1 aliphatic rings. The number of aryl methyl sites for hydroxylation is 1. The molecule has 3 heterocycles. The van der Waals surface area contributed by atoms with Crippen LogP contribution in [-0.4, -0.2) is 40.8 Å². The van der Waals surface area contributed by atoms with Crippen LogP contribution in [0.1, 0.15) is 23.7 Å². The average Bonchev–Trinajstić information content (AvgIpc) is 3.34. The number of aliphatic imine (C=N–C) groups is 1. The number of benzene rings is 1. The van der Waals surface area contributed by atoms with Gasteiger partial charge < -0.3 is 14.6 Å². The van der Waals surface area contributed by atoms with Crippen LogP contribution in [0.4, 0.5) is 0 Å². The molecule has 2 aromatic heterocycles. The van der Waals surface area contributed by atoms with E-state index in [0.29, 0.717) is 12.5 Å². The van der Waals surface area contributed by atoms with E-state index in [0.717, 1.165) is 42.2 Å². The molecular formula is C19H24IN5O. The van der Waals surface area contributed by atoms with Gasteiger partial charge in [-0.25, -0.2) is 0 Å². The summed E-state index contributed by atoms with van der Waals surface area (Å²) < 4.78 is 7.74. The van der Waals surface area contributed by atoms with Gasteiger partial charge >= 0.3 is 0 Å². The quantitative estimate of drug-likeness (QED) is 0.366. The maximum absolute atomic E-state index is 5.87. The largest absolute Gasteiger partial charge is 0.459 e. The number of hydrogen-bond donors (Lipinski definition) is 1. The minimum Gasteiger partial charge on any atom is -0.459 e. The first kappa shape index (κ1) is 18.8. The minimum atomic E-state index is 0. The van der Waals surface area contributed by atoms with Gasteiger partial charge in [-0.15, -0.1) is 24.0 Å². The number of rotatable bonds is 3. The highest BCUT2D eigenvalue weighted by Crippen LogP contribution is 2.26. The lowest BCUT2D eigenvalue weighted by Crippen LogP contribution is -2.39. The van der Waals surface area contributed by atoms with E-state index in [4.69, 9.17) is 4.42 Å². The van der Waals surface area contributed by atoms with Gasteiger partial charge in [0.05, 0.1) is 12.7 Å². The topological polar surface area (TPSA) is 58.6 Å². The van der Waals surface area contributed by atoms with E-state index < -0.39 is 0 Å². The molecule has 1 saturated heterocycles. The van der Waals surface area contributed by atoms with Crippen LogP contribution in [0.3, 0.4) is 0 Å². The molecule has 1 unspecified atom stereocenters. The summed E-state index contributed by atoms with van der Waals surface area (Å²) in [5, 5.41) is 8.85. The van der Waals surface area contributed by atoms with Crippen molar-refractivity contribution in [1.82, 2.24) is 20.0 Å². The van der Waals surface area contributed by atoms with Gasteiger partial charge in [-0.3, -0.25) is 9.67 Å². The molecule has 1 atom stereocenters. The third-order valence-electron chi connectivity index (χ3n) is 4.79. The van der Waals surface area contributed by atoms with Crippen molar-refractivity contribution in [3.05, 3.63) is 54.0 Å². The van der Waals surface area contributed by atoms with Gasteiger partial charge in [0.25, 0.3) is 0 Å². The van der Waals surface area contributed by atoms with E-state index in [1.54, 1.807) is 0 Å². The number of nitrogens with one attached hydrogen (secondary N) is 1. The highest BCUT2D eigenvalue weighted by Gasteiger charge is 2.26. The van der Waals surface area contributed by atoms with Gasteiger partial charge in [-0.1, -0.05) is 18.2 Å². The van der Waals surface area contributed by atoms with Crippen LogP contribution >= 0.6 is 24.0 Å². The molecule has 1 fully saturated rings. The SMILES string of the molecule is CN=C(NCc1cc2ccccc2o1)N1CCC(c2cnn(C)c2)C1.I. The second-order valence-corrected chi connectivity index (χ2v) is 6.53. The zero-order valence-electron chi connectivity index (χ0n) is 15.1. The summed E-state index contributed by atoms with van der Waals surface area (Å²) in [4.78, 5) is 6.75. The highest BCUT2D eigenvalue weighted by atomic mass is 127. The molecule has 0 radical (unpaired) electrons. The molecule has 7 heteroatoms. The Morgan fingerprint density at radius 1 is 1.38 bits per heavy atom. The zero-order chi connectivity index (χ0) is 17.2. The van der Waals surface area contributed by atoms with Crippen molar-refractivity contribution >= 4 is 40.9 Å². The van der Waals surface area contributed by atoms with E-state index in [9.17, 15) is 0 Å². The van der Waals surface area contributed by atoms with Crippen molar-refractivity contribution in [2.75, 3.05) is 20.1 Å². The highest BCUT2D eigenvalue weighted by molar-refractivity contribution is 14.0. The fraction of sp³-hybridized carbons (Fsp3) is 0.368. The standard InChI is InChI=1S/C19H23N5O.HI/c1-20-19(21-11-17-9-14-5-3-4-6-18(14)25-17)24-8-7-15(13-24)16-10-22-23(2)12-16;/h3-6,9-10,12,15H,7-8,11,13H2,1-2H3,(H,20,21);1H. The third kappa shape index (κ3) is 3.87. The Balaban J connectivity index is 0.00000196. The second-order valence-electron chi connectivity index (χ2n) is 6.53. The van der Waals surface area contributed by atoms with Gasteiger partial charge in [-0.2, -0.15) is 5.10 Å². The summed E-state index contributed by atoms with van der Waals surface area (Å²) in [5.41, 5.74) is 2.23. The van der Waals surface area contributed by atoms with Crippen LogP contribution < -0.4 is 5.32 Å². The minimum absolute atomic E-state index is 0. The van der Waals surface area contributed by atoms with Crippen LogP contribution in [0.15, 0.2) is 52.1 Å². The van der Waals surface area contributed by atoms with Crippen molar-refractivity contribution in [2.24, 2.45) is 12.0 Å². The predicted molar refractivity (Wildman–Crippen MR) is 114 cm³/mol. The van der Waals surface area contributed by atoms with Crippen molar-refractivity contribution < 1.29 is 4.42 Å². The number of halogens is 1. The molecule has 0 amide bonds. The lowest BCUT2D eigenvalue weighted by Gasteiger charge is -2.21. The number of furan rings is 1. The molecule has 3 aromatic rings. The van der Waals surface area contributed by atoms with Crippen LogP contribution in [0.2, 0.25) is 0 Å². The summed E-state index contributed by atoms with van der Waals surface area (Å²) >= 11 is 0. The maximum atomic E-state index is 5.87. The Bertz CT molecular complexity index is 867. The Kier molecular flexibility index (Phi) is 5.85. The average molecular weight is 465 g/mol. The third-order valence-corrected chi connectivity index (χ3v) is 4.79. The fourth-order valence-corrected chi connectivity index (χ4v) is 3.50. The molecule has 0 saturated carbocycles. The summed E-state index contributed by atoms with van der Waals surface area (Å²) in [6.07, 6.45) is 5.20. The summed E-state index contributed by atoms with van der Waals surface area (Å²) in [5.74, 6) is 2.36. The molecule has 6 nitrogen and oxygen atoms in total. The number of likely N-dealkylation sites (tertiary alicyclic amines) is 1. The van der Waals surface area contributed by atoms with E-state index in [1.807, 2.05) is 43.2 Å². The molecule has 4 rings (SSSR count). The molecule has 0 bridgehead atoms. The van der Waals surface area contributed by atoms with Gasteiger partial charge in [0.2, 0.25) is 0 Å². The summed E-state index contributed by atoms with van der Waals surface area (Å²) in [6.45, 7) is 2.60. The smallest absolute Gasteiger partial charge is 0.194 e. The number of nitrogens with zero attached hydrogens (tertiary/aromatic N) is 4. The van der Waals surface area contributed by atoms with E-state index >= 15 is 0 Å². The van der Waals surface area contributed by atoms with Crippen LogP contribution in [-0.2, 0) is 13.6 Å². The Labute approximate surface area is 170 Å². The summed E-state index contributed by atoms with van der Waals surface area (Å²) in [6, 6.07) is 10.2. The predicted octanol–water partition coefficient (Wildman–Crippen LogP) is 3.35. The summed E-state index contributed by atoms with van der Waals surface area (Å²) in [7, 11) is 3.79. The molecule has 0 aliphatic carbocycles. The molecule has 0 spiro atoms. The van der Waals surface area contributed by atoms with Gasteiger partial charge in [-0.05, 0) is 24.1 Å². The molecule has 1 aliphatic heterocycles. The van der Waals surface area contributed by atoms with Crippen LogP contribution in [0.5, 0.6) is 0 Å². The number of para-hydroxylation sites is 1. The Hall–Kier alpha value is -2.03. The van der Waals surface area contributed by atoms with Crippen molar-refractivity contribution in [1.29, 1.82) is 0 Å². The van der Waals surface area contributed by atoms with Crippen LogP contribution in [0, 0.1) is 0 Å². The lowest BCUT2D eigenvalue weighted by atomic mass is 10.0. The van der Waals surface area contributed by atoms with Crippen molar-refractivity contribution in [3.8, 4) is 0 Å². The molecule has 26 heavy (non-hydrogen) atoms. The van der Waals surface area contributed by atoms with Gasteiger partial charge in [0.1, 0.15) is 11.3 Å². The van der Waals surface area contributed by atoms with Crippen LogP contribution in [0.25, 0.3) is 11.0 Å². The monoisotopic (exact) mass is 465 g/mol. The first-order chi connectivity index (χ1) is 12.2. The van der Waals surface area contributed by atoms with Crippen molar-refractivity contribution in [2.45, 2.75) is 18.9 Å². The number of guanidine groups is 1. The molecule has 1 N–H and O–H groups in total. The first-order valence-corrected chi connectivity index (χ1v) is 8.64. The Morgan fingerprint density at radius 3 is 2.96 bits per heavy atom. The number of aromatic nitrogens is 2. The van der Waals surface area contributed by atoms with E-state index in [-0.39, 0.29) is 24.0 Å². The fourth-order valence-electron chi connectivity index (χ4n) is 3.50. The number of fused-ring (bicyclic) bond motifs is 1.